The number of nitrogens with one attached hydrogen (secondary N) is 1. The van der Waals surface area contributed by atoms with Crippen LogP contribution in [0.4, 0.5) is 24.8 Å². The van der Waals surface area contributed by atoms with Gasteiger partial charge in [0.15, 0.2) is 17.3 Å². The average molecular weight is 335 g/mol. The number of fused-ring (bicyclic) bond motifs is 1. The monoisotopic (exact) mass is 335 g/mol. The summed E-state index contributed by atoms with van der Waals surface area (Å²) in [5.41, 5.74) is 0.542. The molecule has 6 nitrogen and oxygen atoms in total. The highest BCUT2D eigenvalue weighted by atomic mass is 19.1. The van der Waals surface area contributed by atoms with E-state index in [1.165, 1.54) is 12.5 Å². The van der Waals surface area contributed by atoms with Crippen LogP contribution in [-0.2, 0) is 4.74 Å². The van der Waals surface area contributed by atoms with Crippen molar-refractivity contribution in [3.8, 4) is 0 Å². The molecular formula is C15H12F3N5O. The fourth-order valence-electron chi connectivity index (χ4n) is 2.78. The first-order valence-corrected chi connectivity index (χ1v) is 7.30. The zero-order valence-electron chi connectivity index (χ0n) is 12.3. The van der Waals surface area contributed by atoms with Gasteiger partial charge in [-0.3, -0.25) is 4.57 Å². The van der Waals surface area contributed by atoms with Crippen molar-refractivity contribution in [2.75, 3.05) is 18.5 Å². The summed E-state index contributed by atoms with van der Waals surface area (Å²) in [4.78, 5) is 12.4. The van der Waals surface area contributed by atoms with Crippen molar-refractivity contribution in [1.29, 1.82) is 0 Å². The van der Waals surface area contributed by atoms with Crippen molar-refractivity contribution in [3.63, 3.8) is 0 Å². The van der Waals surface area contributed by atoms with Crippen molar-refractivity contribution in [2.45, 2.75) is 12.5 Å². The Morgan fingerprint density at radius 1 is 1.21 bits per heavy atom. The highest BCUT2D eigenvalue weighted by Gasteiger charge is 2.25. The third-order valence-electron chi connectivity index (χ3n) is 3.87. The van der Waals surface area contributed by atoms with Crippen molar-refractivity contribution < 1.29 is 17.9 Å². The number of ether oxygens (including phenoxy) is 1. The normalized spacial score (nSPS) is 17.5. The lowest BCUT2D eigenvalue weighted by Crippen LogP contribution is -2.13. The van der Waals surface area contributed by atoms with Gasteiger partial charge in [0.25, 0.3) is 0 Å². The topological polar surface area (TPSA) is 64.9 Å². The maximum absolute atomic E-state index is 13.9. The van der Waals surface area contributed by atoms with Crippen molar-refractivity contribution in [1.82, 2.24) is 19.5 Å². The number of nitrogens with zero attached hydrogens (tertiary/aromatic N) is 4. The van der Waals surface area contributed by atoms with Crippen LogP contribution in [0.1, 0.15) is 12.5 Å². The lowest BCUT2D eigenvalue weighted by atomic mass is 10.2. The van der Waals surface area contributed by atoms with Gasteiger partial charge in [-0.1, -0.05) is 0 Å². The predicted octanol–water partition coefficient (Wildman–Crippen LogP) is 2.95. The van der Waals surface area contributed by atoms with Gasteiger partial charge in [0.1, 0.15) is 23.3 Å². The molecule has 4 rings (SSSR count). The smallest absolute Gasteiger partial charge is 0.210 e. The lowest BCUT2D eigenvalue weighted by molar-refractivity contribution is 0.187. The predicted molar refractivity (Wildman–Crippen MR) is 79.4 cm³/mol. The van der Waals surface area contributed by atoms with Gasteiger partial charge in [-0.25, -0.2) is 28.1 Å². The zero-order chi connectivity index (χ0) is 16.7. The summed E-state index contributed by atoms with van der Waals surface area (Å²) in [6.07, 6.45) is 3.61. The molecule has 124 valence electrons. The second kappa shape index (κ2) is 5.75. The molecule has 9 heteroatoms. The summed E-state index contributed by atoms with van der Waals surface area (Å²) in [5, 5.41) is 2.61. The molecule has 1 aromatic carbocycles. The minimum Gasteiger partial charge on any atom is -0.379 e. The molecule has 0 radical (unpaired) electrons. The van der Waals surface area contributed by atoms with Crippen LogP contribution >= 0.6 is 0 Å². The molecule has 1 unspecified atom stereocenters. The van der Waals surface area contributed by atoms with Crippen LogP contribution in [0.15, 0.2) is 24.7 Å². The maximum atomic E-state index is 13.9. The average Bonchev–Trinajstić information content (AvgIpc) is 3.17. The second-order valence-electron chi connectivity index (χ2n) is 5.42. The van der Waals surface area contributed by atoms with E-state index >= 15 is 0 Å². The van der Waals surface area contributed by atoms with Gasteiger partial charge < -0.3 is 10.1 Å². The minimum absolute atomic E-state index is 0.0704. The van der Waals surface area contributed by atoms with E-state index in [0.717, 1.165) is 6.42 Å². The number of hydrogen-bond acceptors (Lipinski definition) is 5. The minimum atomic E-state index is -1.04. The Hall–Kier alpha value is -2.68. The van der Waals surface area contributed by atoms with E-state index in [4.69, 9.17) is 4.74 Å². The van der Waals surface area contributed by atoms with Crippen LogP contribution in [0.2, 0.25) is 0 Å². The summed E-state index contributed by atoms with van der Waals surface area (Å²) in [7, 11) is 0. The number of hydrogen-bond donors (Lipinski definition) is 1. The summed E-state index contributed by atoms with van der Waals surface area (Å²) in [5.74, 6) is -2.87. The molecule has 1 saturated heterocycles. The van der Waals surface area contributed by atoms with Crippen LogP contribution in [0.3, 0.4) is 0 Å². The third kappa shape index (κ3) is 2.46. The summed E-state index contributed by atoms with van der Waals surface area (Å²) >= 11 is 0. The second-order valence-corrected chi connectivity index (χ2v) is 5.42. The first kappa shape index (κ1) is 14.9. The number of benzene rings is 1. The Bertz CT molecular complexity index is 884. The van der Waals surface area contributed by atoms with Gasteiger partial charge in [-0.15, -0.1) is 0 Å². The van der Waals surface area contributed by atoms with E-state index in [-0.39, 0.29) is 12.0 Å². The van der Waals surface area contributed by atoms with Gasteiger partial charge >= 0.3 is 0 Å². The van der Waals surface area contributed by atoms with E-state index in [9.17, 15) is 13.2 Å². The van der Waals surface area contributed by atoms with E-state index in [2.05, 4.69) is 20.3 Å². The SMILES string of the molecule is Fc1cc(F)c(Nc2nc3cncnc3n2C2CCOC2)c(F)c1. The Morgan fingerprint density at radius 2 is 2.00 bits per heavy atom. The van der Waals surface area contributed by atoms with Gasteiger partial charge in [0, 0.05) is 18.7 Å². The molecule has 0 bridgehead atoms. The molecular weight excluding hydrogens is 323 g/mol. The first-order valence-electron chi connectivity index (χ1n) is 7.30. The summed E-state index contributed by atoms with van der Waals surface area (Å²) in [6.45, 7) is 1.02. The quantitative estimate of drug-likeness (QED) is 0.797. The van der Waals surface area contributed by atoms with E-state index < -0.39 is 23.1 Å². The fourth-order valence-corrected chi connectivity index (χ4v) is 2.78. The van der Waals surface area contributed by atoms with Gasteiger partial charge in [-0.2, -0.15) is 0 Å². The largest absolute Gasteiger partial charge is 0.379 e. The van der Waals surface area contributed by atoms with Crippen molar-refractivity contribution in [2.24, 2.45) is 0 Å². The maximum Gasteiger partial charge on any atom is 0.210 e. The molecule has 0 amide bonds. The lowest BCUT2D eigenvalue weighted by Gasteiger charge is -2.15. The Kier molecular flexibility index (Phi) is 3.57. The molecule has 1 N–H and O–H groups in total. The molecule has 3 aromatic rings. The number of halogens is 3. The van der Waals surface area contributed by atoms with Crippen LogP contribution in [0.25, 0.3) is 11.2 Å². The molecule has 0 saturated carbocycles. The molecule has 1 fully saturated rings. The Balaban J connectivity index is 1.83. The number of aromatic nitrogens is 4. The first-order chi connectivity index (χ1) is 11.6. The number of anilines is 2. The molecule has 0 spiro atoms. The molecule has 0 aliphatic carbocycles. The zero-order valence-corrected chi connectivity index (χ0v) is 12.3. The van der Waals surface area contributed by atoms with Crippen LogP contribution in [0, 0.1) is 17.5 Å². The van der Waals surface area contributed by atoms with Crippen LogP contribution in [-0.4, -0.2) is 32.7 Å². The van der Waals surface area contributed by atoms with Crippen molar-refractivity contribution >= 4 is 22.8 Å². The fraction of sp³-hybridized carbons (Fsp3) is 0.267. The highest BCUT2D eigenvalue weighted by Crippen LogP contribution is 2.31. The standard InChI is InChI=1S/C15H12F3N5O/c16-8-3-10(17)13(11(18)4-8)22-15-21-12-5-19-7-20-14(12)23(15)9-1-2-24-6-9/h3-5,7,9H,1-2,6H2,(H,21,22). The molecule has 1 atom stereocenters. The van der Waals surface area contributed by atoms with Crippen LogP contribution < -0.4 is 5.32 Å². The van der Waals surface area contributed by atoms with E-state index in [1.807, 2.05) is 0 Å². The number of rotatable bonds is 3. The molecule has 1 aliphatic rings. The van der Waals surface area contributed by atoms with E-state index in [1.54, 1.807) is 4.57 Å². The van der Waals surface area contributed by atoms with Gasteiger partial charge in [0.05, 0.1) is 18.8 Å². The molecule has 3 heterocycles. The summed E-state index contributed by atoms with van der Waals surface area (Å²) < 4.78 is 48.0. The third-order valence-corrected chi connectivity index (χ3v) is 3.87. The van der Waals surface area contributed by atoms with E-state index in [0.29, 0.717) is 36.5 Å². The Labute approximate surface area is 134 Å². The molecule has 1 aliphatic heterocycles. The van der Waals surface area contributed by atoms with Crippen molar-refractivity contribution in [3.05, 3.63) is 42.1 Å². The molecule has 2 aromatic heterocycles. The van der Waals surface area contributed by atoms with Crippen LogP contribution in [0.5, 0.6) is 0 Å². The number of imidazole rings is 1. The Morgan fingerprint density at radius 3 is 2.71 bits per heavy atom. The van der Waals surface area contributed by atoms with Gasteiger partial charge in [-0.05, 0) is 6.42 Å². The van der Waals surface area contributed by atoms with Gasteiger partial charge in [0.2, 0.25) is 5.95 Å². The summed E-state index contributed by atoms with van der Waals surface area (Å²) in [6, 6.07) is 1.15. The molecule has 24 heavy (non-hydrogen) atoms. The highest BCUT2D eigenvalue weighted by molar-refractivity contribution is 5.75.